The van der Waals surface area contributed by atoms with Gasteiger partial charge in [0.1, 0.15) is 5.75 Å². The summed E-state index contributed by atoms with van der Waals surface area (Å²) in [7, 11) is 0. The molecule has 0 spiro atoms. The smallest absolute Gasteiger partial charge is 0.120 e. The van der Waals surface area contributed by atoms with Gasteiger partial charge in [-0.25, -0.2) is 0 Å². The first-order chi connectivity index (χ1) is 12.7. The fraction of sp³-hybridized carbons (Fsp3) is 0.400. The van der Waals surface area contributed by atoms with Crippen molar-refractivity contribution in [3.05, 3.63) is 42.5 Å². The van der Waals surface area contributed by atoms with Crippen molar-refractivity contribution < 1.29 is 9.47 Å². The number of nitrogens with two attached hydrogens (primary N) is 2. The molecule has 1 saturated heterocycles. The number of morpholine rings is 1. The highest BCUT2D eigenvalue weighted by molar-refractivity contribution is 7.99. The SMILES string of the molecule is Nc1ccc(Sc2cccc(OCCCCN3CCOCC3)c2)cc1N. The number of anilines is 2. The number of ether oxygens (including phenoxy) is 2. The van der Waals surface area contributed by atoms with Crippen LogP contribution in [-0.4, -0.2) is 44.4 Å². The summed E-state index contributed by atoms with van der Waals surface area (Å²) in [5.41, 5.74) is 12.9. The van der Waals surface area contributed by atoms with Gasteiger partial charge in [0.05, 0.1) is 31.2 Å². The van der Waals surface area contributed by atoms with E-state index in [0.717, 1.165) is 67.8 Å². The summed E-state index contributed by atoms with van der Waals surface area (Å²) in [5, 5.41) is 0. The molecule has 1 aliphatic rings. The van der Waals surface area contributed by atoms with E-state index in [1.54, 1.807) is 11.8 Å². The fourth-order valence-electron chi connectivity index (χ4n) is 2.83. The molecule has 140 valence electrons. The van der Waals surface area contributed by atoms with Crippen LogP contribution in [0.3, 0.4) is 0 Å². The lowest BCUT2D eigenvalue weighted by Gasteiger charge is -2.26. The van der Waals surface area contributed by atoms with Gasteiger partial charge in [-0.05, 0) is 55.8 Å². The topological polar surface area (TPSA) is 73.7 Å². The highest BCUT2D eigenvalue weighted by Crippen LogP contribution is 2.32. The molecule has 2 aromatic rings. The zero-order valence-electron chi connectivity index (χ0n) is 15.0. The van der Waals surface area contributed by atoms with E-state index in [1.165, 1.54) is 0 Å². The van der Waals surface area contributed by atoms with Crippen LogP contribution in [0.2, 0.25) is 0 Å². The van der Waals surface area contributed by atoms with E-state index in [-0.39, 0.29) is 0 Å². The van der Waals surface area contributed by atoms with Crippen LogP contribution < -0.4 is 16.2 Å². The van der Waals surface area contributed by atoms with E-state index in [9.17, 15) is 0 Å². The second-order valence-corrected chi connectivity index (χ2v) is 7.52. The van der Waals surface area contributed by atoms with E-state index >= 15 is 0 Å². The molecule has 1 heterocycles. The lowest BCUT2D eigenvalue weighted by molar-refractivity contribution is 0.0368. The second kappa shape index (κ2) is 9.71. The van der Waals surface area contributed by atoms with Crippen LogP contribution in [-0.2, 0) is 4.74 Å². The van der Waals surface area contributed by atoms with Crippen molar-refractivity contribution in [2.24, 2.45) is 0 Å². The molecule has 1 aliphatic heterocycles. The van der Waals surface area contributed by atoms with Crippen LogP contribution in [0.4, 0.5) is 11.4 Å². The van der Waals surface area contributed by atoms with E-state index in [2.05, 4.69) is 17.0 Å². The molecule has 0 aliphatic carbocycles. The molecule has 0 bridgehead atoms. The predicted octanol–water partition coefficient (Wildman–Crippen LogP) is 3.49. The Balaban J connectivity index is 1.42. The molecule has 0 amide bonds. The van der Waals surface area contributed by atoms with Crippen LogP contribution >= 0.6 is 11.8 Å². The summed E-state index contributed by atoms with van der Waals surface area (Å²) >= 11 is 1.65. The van der Waals surface area contributed by atoms with Gasteiger partial charge in [0.15, 0.2) is 0 Å². The Morgan fingerprint density at radius 3 is 2.58 bits per heavy atom. The normalized spacial score (nSPS) is 15.1. The van der Waals surface area contributed by atoms with E-state index in [1.807, 2.05) is 30.3 Å². The average Bonchev–Trinajstić information content (AvgIpc) is 2.66. The van der Waals surface area contributed by atoms with Gasteiger partial charge in [-0.3, -0.25) is 4.90 Å². The number of nitrogen functional groups attached to an aromatic ring is 2. The van der Waals surface area contributed by atoms with Crippen LogP contribution in [0.5, 0.6) is 5.75 Å². The minimum atomic E-state index is 0.614. The zero-order valence-corrected chi connectivity index (χ0v) is 15.8. The highest BCUT2D eigenvalue weighted by atomic mass is 32.2. The molecular weight excluding hydrogens is 346 g/mol. The monoisotopic (exact) mass is 373 g/mol. The standard InChI is InChI=1S/C20H27N3O2S/c21-19-7-6-18(15-20(19)22)26-17-5-3-4-16(14-17)25-11-2-1-8-23-9-12-24-13-10-23/h3-7,14-15H,1-2,8-13,21-22H2. The first-order valence-corrected chi connectivity index (χ1v) is 9.88. The van der Waals surface area contributed by atoms with Gasteiger partial charge in [0.25, 0.3) is 0 Å². The number of unbranched alkanes of at least 4 members (excludes halogenated alkanes) is 1. The van der Waals surface area contributed by atoms with Crippen molar-refractivity contribution in [1.29, 1.82) is 0 Å². The van der Waals surface area contributed by atoms with Crippen molar-refractivity contribution in [2.75, 3.05) is 50.9 Å². The molecule has 0 atom stereocenters. The first-order valence-electron chi connectivity index (χ1n) is 9.06. The Morgan fingerprint density at radius 2 is 1.77 bits per heavy atom. The maximum absolute atomic E-state index is 5.92. The van der Waals surface area contributed by atoms with Gasteiger partial charge in [-0.1, -0.05) is 17.8 Å². The number of nitrogens with zero attached hydrogens (tertiary/aromatic N) is 1. The number of benzene rings is 2. The van der Waals surface area contributed by atoms with Crippen molar-refractivity contribution in [1.82, 2.24) is 4.90 Å². The first kappa shape index (κ1) is 18.9. The zero-order chi connectivity index (χ0) is 18.2. The van der Waals surface area contributed by atoms with Crippen LogP contribution in [0.1, 0.15) is 12.8 Å². The van der Waals surface area contributed by atoms with E-state index in [4.69, 9.17) is 20.9 Å². The lowest BCUT2D eigenvalue weighted by Crippen LogP contribution is -2.36. The third-order valence-corrected chi connectivity index (χ3v) is 5.32. The van der Waals surface area contributed by atoms with Gasteiger partial charge in [-0.2, -0.15) is 0 Å². The molecule has 0 unspecified atom stereocenters. The molecule has 26 heavy (non-hydrogen) atoms. The lowest BCUT2D eigenvalue weighted by atomic mass is 10.3. The van der Waals surface area contributed by atoms with Crippen molar-refractivity contribution in [3.8, 4) is 5.75 Å². The highest BCUT2D eigenvalue weighted by Gasteiger charge is 2.09. The Hall–Kier alpha value is -1.89. The van der Waals surface area contributed by atoms with Gasteiger partial charge < -0.3 is 20.9 Å². The largest absolute Gasteiger partial charge is 0.494 e. The van der Waals surface area contributed by atoms with Crippen molar-refractivity contribution in [3.63, 3.8) is 0 Å². The van der Waals surface area contributed by atoms with Gasteiger partial charge in [-0.15, -0.1) is 0 Å². The maximum atomic E-state index is 5.92. The summed E-state index contributed by atoms with van der Waals surface area (Å²) in [6.45, 7) is 5.70. The molecule has 3 rings (SSSR count). The summed E-state index contributed by atoms with van der Waals surface area (Å²) in [6, 6.07) is 13.9. The Bertz CT molecular complexity index is 705. The molecule has 6 heteroatoms. The summed E-state index contributed by atoms with van der Waals surface area (Å²) in [6.07, 6.45) is 2.21. The third-order valence-electron chi connectivity index (χ3n) is 4.34. The molecule has 5 nitrogen and oxygen atoms in total. The maximum Gasteiger partial charge on any atom is 0.120 e. The molecule has 4 N–H and O–H groups in total. The van der Waals surface area contributed by atoms with Crippen LogP contribution in [0, 0.1) is 0 Å². The molecular formula is C20H27N3O2S. The number of hydrogen-bond acceptors (Lipinski definition) is 6. The minimum Gasteiger partial charge on any atom is -0.494 e. The van der Waals surface area contributed by atoms with Crippen molar-refractivity contribution >= 4 is 23.1 Å². The van der Waals surface area contributed by atoms with Gasteiger partial charge >= 0.3 is 0 Å². The fourth-order valence-corrected chi connectivity index (χ4v) is 3.75. The predicted molar refractivity (Wildman–Crippen MR) is 108 cm³/mol. The Kier molecular flexibility index (Phi) is 7.05. The summed E-state index contributed by atoms with van der Waals surface area (Å²) < 4.78 is 11.3. The summed E-state index contributed by atoms with van der Waals surface area (Å²) in [4.78, 5) is 4.65. The van der Waals surface area contributed by atoms with Gasteiger partial charge in [0.2, 0.25) is 0 Å². The molecule has 1 fully saturated rings. The summed E-state index contributed by atoms with van der Waals surface area (Å²) in [5.74, 6) is 0.907. The average molecular weight is 374 g/mol. The Morgan fingerprint density at radius 1 is 0.962 bits per heavy atom. The number of hydrogen-bond donors (Lipinski definition) is 2. The van der Waals surface area contributed by atoms with E-state index in [0.29, 0.717) is 11.4 Å². The van der Waals surface area contributed by atoms with Crippen LogP contribution in [0.15, 0.2) is 52.3 Å². The van der Waals surface area contributed by atoms with Crippen molar-refractivity contribution in [2.45, 2.75) is 22.6 Å². The molecule has 2 aromatic carbocycles. The Labute approximate surface area is 159 Å². The molecule has 0 radical (unpaired) electrons. The second-order valence-electron chi connectivity index (χ2n) is 6.38. The van der Waals surface area contributed by atoms with Gasteiger partial charge in [0, 0.05) is 22.9 Å². The third kappa shape index (κ3) is 5.83. The molecule has 0 saturated carbocycles. The number of rotatable bonds is 8. The quantitative estimate of drug-likeness (QED) is 0.545. The minimum absolute atomic E-state index is 0.614. The van der Waals surface area contributed by atoms with Crippen LogP contribution in [0.25, 0.3) is 0 Å². The molecule has 0 aromatic heterocycles. The van der Waals surface area contributed by atoms with E-state index < -0.39 is 0 Å².